The molecule has 1 saturated heterocycles. The summed E-state index contributed by atoms with van der Waals surface area (Å²) in [5.74, 6) is -0.0172. The topological polar surface area (TPSA) is 29.3 Å². The van der Waals surface area contributed by atoms with Crippen LogP contribution in [0.3, 0.4) is 0 Å². The predicted octanol–water partition coefficient (Wildman–Crippen LogP) is 2.98. The molecule has 1 aromatic carbocycles. The molecule has 5 heteroatoms. The van der Waals surface area contributed by atoms with Crippen LogP contribution in [0.5, 0.6) is 0 Å². The Morgan fingerprint density at radius 1 is 1.56 bits per heavy atom. The molecule has 1 heterocycles. The van der Waals surface area contributed by atoms with E-state index < -0.39 is 0 Å². The minimum Gasteiger partial charge on any atom is -0.393 e. The van der Waals surface area contributed by atoms with E-state index in [2.05, 4.69) is 4.90 Å². The van der Waals surface area contributed by atoms with Crippen molar-refractivity contribution in [1.29, 1.82) is 0 Å². The van der Waals surface area contributed by atoms with Crippen molar-refractivity contribution in [2.24, 2.45) is 11.7 Å². The molecule has 0 radical (unpaired) electrons. The number of nitrogens with zero attached hydrogens (tertiary/aromatic N) is 1. The van der Waals surface area contributed by atoms with E-state index >= 15 is 0 Å². The molecule has 1 aromatic rings. The molecule has 2 nitrogen and oxygen atoms in total. The summed E-state index contributed by atoms with van der Waals surface area (Å²) in [5, 5.41) is 0.479. The standard InChI is InChI=1S/C13H16ClFN2S/c14-12-6-11(15)4-3-9(12)7-17-5-1-2-10(8-17)13(16)18/h3-4,6,10H,1-2,5,7-8H2,(H2,16,18). The van der Waals surface area contributed by atoms with Crippen molar-refractivity contribution >= 4 is 28.8 Å². The normalized spacial score (nSPS) is 20.9. The van der Waals surface area contributed by atoms with Crippen molar-refractivity contribution in [3.63, 3.8) is 0 Å². The van der Waals surface area contributed by atoms with Crippen LogP contribution < -0.4 is 5.73 Å². The van der Waals surface area contributed by atoms with Gasteiger partial charge in [-0.3, -0.25) is 4.90 Å². The van der Waals surface area contributed by atoms with Gasteiger partial charge in [0.05, 0.1) is 4.99 Å². The van der Waals surface area contributed by atoms with Crippen molar-refractivity contribution in [3.8, 4) is 0 Å². The molecule has 0 saturated carbocycles. The van der Waals surface area contributed by atoms with Crippen molar-refractivity contribution in [3.05, 3.63) is 34.6 Å². The zero-order chi connectivity index (χ0) is 13.1. The van der Waals surface area contributed by atoms with Gasteiger partial charge in [0.15, 0.2) is 0 Å². The zero-order valence-electron chi connectivity index (χ0n) is 10.0. The van der Waals surface area contributed by atoms with Gasteiger partial charge in [-0.15, -0.1) is 0 Å². The van der Waals surface area contributed by atoms with Crippen LogP contribution in [0.1, 0.15) is 18.4 Å². The van der Waals surface area contributed by atoms with Crippen molar-refractivity contribution in [2.75, 3.05) is 13.1 Å². The number of hydrogen-bond donors (Lipinski definition) is 1. The molecule has 1 fully saturated rings. The van der Waals surface area contributed by atoms with Crippen molar-refractivity contribution in [1.82, 2.24) is 4.90 Å². The summed E-state index contributed by atoms with van der Waals surface area (Å²) in [4.78, 5) is 2.86. The quantitative estimate of drug-likeness (QED) is 0.866. The molecule has 1 unspecified atom stereocenters. The molecule has 1 aliphatic heterocycles. The summed E-state index contributed by atoms with van der Waals surface area (Å²) >= 11 is 11.1. The summed E-state index contributed by atoms with van der Waals surface area (Å²) in [6.45, 7) is 2.59. The first-order chi connectivity index (χ1) is 8.56. The Labute approximate surface area is 117 Å². The van der Waals surface area contributed by atoms with E-state index in [0.29, 0.717) is 10.0 Å². The fourth-order valence-corrected chi connectivity index (χ4v) is 2.74. The molecule has 2 rings (SSSR count). The first-order valence-electron chi connectivity index (χ1n) is 6.02. The second-order valence-corrected chi connectivity index (χ2v) is 5.59. The van der Waals surface area contributed by atoms with Crippen LogP contribution in [-0.2, 0) is 6.54 Å². The highest BCUT2D eigenvalue weighted by atomic mass is 35.5. The van der Waals surface area contributed by atoms with E-state index in [1.165, 1.54) is 12.1 Å². The van der Waals surface area contributed by atoms with E-state index in [-0.39, 0.29) is 11.7 Å². The van der Waals surface area contributed by atoms with Gasteiger partial charge < -0.3 is 5.73 Å². The number of thiocarbonyl (C=S) groups is 1. The summed E-state index contributed by atoms with van der Waals surface area (Å²) in [7, 11) is 0. The summed E-state index contributed by atoms with van der Waals surface area (Å²) in [6, 6.07) is 4.53. The van der Waals surface area contributed by atoms with Gasteiger partial charge in [-0.1, -0.05) is 29.9 Å². The highest BCUT2D eigenvalue weighted by Crippen LogP contribution is 2.23. The average Bonchev–Trinajstić information content (AvgIpc) is 2.33. The van der Waals surface area contributed by atoms with Crippen LogP contribution in [0, 0.1) is 11.7 Å². The Bertz CT molecular complexity index is 453. The molecule has 2 N–H and O–H groups in total. The summed E-state index contributed by atoms with van der Waals surface area (Å²) in [5.41, 5.74) is 6.65. The van der Waals surface area contributed by atoms with Gasteiger partial charge in [-0.05, 0) is 37.1 Å². The summed E-state index contributed by atoms with van der Waals surface area (Å²) < 4.78 is 13.0. The molecular weight excluding hydrogens is 271 g/mol. The van der Waals surface area contributed by atoms with Crippen LogP contribution in [0.4, 0.5) is 4.39 Å². The van der Waals surface area contributed by atoms with E-state index in [9.17, 15) is 4.39 Å². The van der Waals surface area contributed by atoms with Gasteiger partial charge in [0.2, 0.25) is 0 Å². The molecule has 18 heavy (non-hydrogen) atoms. The van der Waals surface area contributed by atoms with Gasteiger partial charge >= 0.3 is 0 Å². The molecule has 1 aliphatic rings. The highest BCUT2D eigenvalue weighted by Gasteiger charge is 2.22. The highest BCUT2D eigenvalue weighted by molar-refractivity contribution is 7.80. The summed E-state index contributed by atoms with van der Waals surface area (Å²) in [6.07, 6.45) is 2.14. The largest absolute Gasteiger partial charge is 0.393 e. The van der Waals surface area contributed by atoms with Crippen LogP contribution in [0.2, 0.25) is 5.02 Å². The average molecular weight is 287 g/mol. The Hall–Kier alpha value is -0.710. The lowest BCUT2D eigenvalue weighted by Gasteiger charge is -2.32. The van der Waals surface area contributed by atoms with Crippen molar-refractivity contribution in [2.45, 2.75) is 19.4 Å². The second-order valence-electron chi connectivity index (χ2n) is 4.71. The number of hydrogen-bond acceptors (Lipinski definition) is 2. The molecule has 0 aliphatic carbocycles. The van der Waals surface area contributed by atoms with Crippen LogP contribution in [0.25, 0.3) is 0 Å². The molecule has 0 bridgehead atoms. The van der Waals surface area contributed by atoms with Crippen molar-refractivity contribution < 1.29 is 4.39 Å². The number of nitrogens with two attached hydrogens (primary N) is 1. The lowest BCUT2D eigenvalue weighted by atomic mass is 9.97. The lowest BCUT2D eigenvalue weighted by Crippen LogP contribution is -2.40. The first-order valence-corrected chi connectivity index (χ1v) is 6.80. The third-order valence-corrected chi connectivity index (χ3v) is 4.00. The molecule has 0 spiro atoms. The number of likely N-dealkylation sites (tertiary alicyclic amines) is 1. The molecule has 1 atom stereocenters. The Kier molecular flexibility index (Phi) is 4.54. The lowest BCUT2D eigenvalue weighted by molar-refractivity contribution is 0.197. The molecule has 0 amide bonds. The van der Waals surface area contributed by atoms with Crippen LogP contribution >= 0.6 is 23.8 Å². The van der Waals surface area contributed by atoms with E-state index in [1.807, 2.05) is 0 Å². The van der Waals surface area contributed by atoms with Crippen LogP contribution in [0.15, 0.2) is 18.2 Å². The third kappa shape index (κ3) is 3.40. The van der Waals surface area contributed by atoms with E-state index in [0.717, 1.165) is 38.0 Å². The third-order valence-electron chi connectivity index (χ3n) is 3.32. The van der Waals surface area contributed by atoms with Crippen LogP contribution in [-0.4, -0.2) is 23.0 Å². The maximum absolute atomic E-state index is 13.0. The minimum atomic E-state index is -0.302. The number of halogens is 2. The SMILES string of the molecule is NC(=S)C1CCCN(Cc2ccc(F)cc2Cl)C1. The number of piperidine rings is 1. The number of rotatable bonds is 3. The Morgan fingerprint density at radius 2 is 2.33 bits per heavy atom. The number of benzene rings is 1. The fourth-order valence-electron chi connectivity index (χ4n) is 2.32. The minimum absolute atomic E-state index is 0.285. The van der Waals surface area contributed by atoms with Gasteiger partial charge in [-0.2, -0.15) is 0 Å². The first kappa shape index (κ1) is 13.7. The fraction of sp³-hybridized carbons (Fsp3) is 0.462. The van der Waals surface area contributed by atoms with Gasteiger partial charge in [0.25, 0.3) is 0 Å². The zero-order valence-corrected chi connectivity index (χ0v) is 11.6. The maximum atomic E-state index is 13.0. The van der Waals surface area contributed by atoms with E-state index in [1.54, 1.807) is 6.07 Å². The van der Waals surface area contributed by atoms with E-state index in [4.69, 9.17) is 29.6 Å². The van der Waals surface area contributed by atoms with Gasteiger partial charge in [-0.25, -0.2) is 4.39 Å². The Morgan fingerprint density at radius 3 is 3.00 bits per heavy atom. The molecule has 98 valence electrons. The predicted molar refractivity (Wildman–Crippen MR) is 76.2 cm³/mol. The molecular formula is C13H16ClFN2S. The Balaban J connectivity index is 2.02. The monoisotopic (exact) mass is 286 g/mol. The second kappa shape index (κ2) is 5.95. The smallest absolute Gasteiger partial charge is 0.124 e. The van der Waals surface area contributed by atoms with Gasteiger partial charge in [0, 0.05) is 24.0 Å². The molecule has 0 aromatic heterocycles. The van der Waals surface area contributed by atoms with Gasteiger partial charge in [0.1, 0.15) is 5.82 Å². The maximum Gasteiger partial charge on any atom is 0.124 e.